The highest BCUT2D eigenvalue weighted by molar-refractivity contribution is 7.89. The lowest BCUT2D eigenvalue weighted by molar-refractivity contribution is 0.105. The maximum Gasteiger partial charge on any atom is 0.243 e. The van der Waals surface area contributed by atoms with Gasteiger partial charge in [0.2, 0.25) is 10.0 Å². The highest BCUT2D eigenvalue weighted by atomic mass is 32.2. The average molecular weight is 564 g/mol. The molecule has 1 aliphatic rings. The van der Waals surface area contributed by atoms with Gasteiger partial charge in [0, 0.05) is 35.9 Å². The summed E-state index contributed by atoms with van der Waals surface area (Å²) in [6.45, 7) is 8.86. The fourth-order valence-corrected chi connectivity index (χ4v) is 6.94. The number of nitrogens with zero attached hydrogens (tertiary/aromatic N) is 1. The van der Waals surface area contributed by atoms with Gasteiger partial charge in [-0.1, -0.05) is 57.2 Å². The predicted octanol–water partition coefficient (Wildman–Crippen LogP) is 5.44. The summed E-state index contributed by atoms with van der Waals surface area (Å²) in [7, 11) is -3.49. The van der Waals surface area contributed by atoms with Crippen molar-refractivity contribution < 1.29 is 18.3 Å². The van der Waals surface area contributed by atoms with E-state index in [1.165, 1.54) is 0 Å². The third-order valence-electron chi connectivity index (χ3n) is 8.47. The SMILES string of the molecule is CCC(C)(C)c1ccc(S(=O)(=O)N2CCC(CNC[C@H](O)COc3cccc4[nH]c5ccccc5c34)CC2)cc1. The highest BCUT2D eigenvalue weighted by Crippen LogP contribution is 2.33. The molecule has 1 fully saturated rings. The number of H-pyrrole nitrogens is 1. The van der Waals surface area contributed by atoms with Gasteiger partial charge in [-0.25, -0.2) is 8.42 Å². The van der Waals surface area contributed by atoms with Crippen LogP contribution in [0.15, 0.2) is 71.6 Å². The van der Waals surface area contributed by atoms with E-state index in [4.69, 9.17) is 4.74 Å². The van der Waals surface area contributed by atoms with E-state index in [2.05, 4.69) is 37.1 Å². The topological polar surface area (TPSA) is 94.7 Å². The average Bonchev–Trinajstić information content (AvgIpc) is 3.36. The van der Waals surface area contributed by atoms with E-state index in [1.807, 2.05) is 48.5 Å². The summed E-state index contributed by atoms with van der Waals surface area (Å²) in [6.07, 6.45) is 1.93. The molecule has 2 heterocycles. The number of benzene rings is 3. The fourth-order valence-electron chi connectivity index (χ4n) is 5.47. The number of aliphatic hydroxyl groups is 1. The molecule has 0 spiro atoms. The van der Waals surface area contributed by atoms with Crippen LogP contribution in [0.4, 0.5) is 0 Å². The highest BCUT2D eigenvalue weighted by Gasteiger charge is 2.30. The molecule has 0 unspecified atom stereocenters. The molecule has 4 aromatic rings. The van der Waals surface area contributed by atoms with Crippen LogP contribution in [-0.4, -0.2) is 61.7 Å². The van der Waals surface area contributed by atoms with Gasteiger partial charge >= 0.3 is 0 Å². The molecule has 214 valence electrons. The minimum absolute atomic E-state index is 0.0264. The number of hydrogen-bond donors (Lipinski definition) is 3. The predicted molar refractivity (Wildman–Crippen MR) is 161 cm³/mol. The zero-order valence-electron chi connectivity index (χ0n) is 23.7. The van der Waals surface area contributed by atoms with Gasteiger partial charge in [0.1, 0.15) is 18.5 Å². The second-order valence-corrected chi connectivity index (χ2v) is 13.5. The molecule has 1 aliphatic heterocycles. The Hall–Kier alpha value is -2.91. The molecule has 1 aromatic heterocycles. The molecule has 1 atom stereocenters. The first kappa shape index (κ1) is 28.6. The number of rotatable bonds is 11. The zero-order chi connectivity index (χ0) is 28.3. The molecule has 7 nitrogen and oxygen atoms in total. The number of fused-ring (bicyclic) bond motifs is 3. The summed E-state index contributed by atoms with van der Waals surface area (Å²) < 4.78 is 34.1. The van der Waals surface area contributed by atoms with Gasteiger partial charge in [-0.05, 0) is 73.0 Å². The molecule has 3 N–H and O–H groups in total. The van der Waals surface area contributed by atoms with Crippen LogP contribution in [0.3, 0.4) is 0 Å². The van der Waals surface area contributed by atoms with Gasteiger partial charge < -0.3 is 20.1 Å². The van der Waals surface area contributed by atoms with Crippen LogP contribution in [0.25, 0.3) is 21.8 Å². The minimum Gasteiger partial charge on any atom is -0.490 e. The van der Waals surface area contributed by atoms with E-state index in [-0.39, 0.29) is 12.0 Å². The minimum atomic E-state index is -3.49. The smallest absolute Gasteiger partial charge is 0.243 e. The molecule has 3 aromatic carbocycles. The molecule has 40 heavy (non-hydrogen) atoms. The van der Waals surface area contributed by atoms with Gasteiger partial charge in [0.05, 0.1) is 10.4 Å². The van der Waals surface area contributed by atoms with Crippen molar-refractivity contribution in [1.82, 2.24) is 14.6 Å². The molecular weight excluding hydrogens is 522 g/mol. The normalized spacial score (nSPS) is 16.5. The van der Waals surface area contributed by atoms with Crippen molar-refractivity contribution in [3.8, 4) is 5.75 Å². The van der Waals surface area contributed by atoms with Gasteiger partial charge in [-0.15, -0.1) is 0 Å². The van der Waals surface area contributed by atoms with Crippen molar-refractivity contribution in [2.75, 3.05) is 32.8 Å². The number of para-hydroxylation sites is 1. The third-order valence-corrected chi connectivity index (χ3v) is 10.4. The Labute approximate surface area is 237 Å². The molecule has 0 aliphatic carbocycles. The van der Waals surface area contributed by atoms with Crippen molar-refractivity contribution in [3.05, 3.63) is 72.3 Å². The number of aromatic amines is 1. The number of aromatic nitrogens is 1. The van der Waals surface area contributed by atoms with Crippen LogP contribution in [0, 0.1) is 5.92 Å². The standard InChI is InChI=1S/C32H41N3O4S/c1-4-32(2,3)24-12-14-26(15-13-24)40(37,38)35-18-16-23(17-19-35)20-33-21-25(36)22-39-30-11-7-10-29-31(30)27-8-5-6-9-28(27)34-29/h5-15,23,25,33-34,36H,4,16-22H2,1-3H3/t25-/m0/s1. The largest absolute Gasteiger partial charge is 0.490 e. The van der Waals surface area contributed by atoms with E-state index in [1.54, 1.807) is 16.4 Å². The maximum absolute atomic E-state index is 13.2. The molecule has 8 heteroatoms. The molecule has 0 saturated carbocycles. The van der Waals surface area contributed by atoms with Gasteiger partial charge in [-0.3, -0.25) is 0 Å². The summed E-state index contributed by atoms with van der Waals surface area (Å²) in [4.78, 5) is 3.78. The Morgan fingerprint density at radius 2 is 1.73 bits per heavy atom. The van der Waals surface area contributed by atoms with E-state index in [0.717, 1.165) is 58.9 Å². The zero-order valence-corrected chi connectivity index (χ0v) is 24.5. The summed E-state index contributed by atoms with van der Waals surface area (Å²) in [6, 6.07) is 21.4. The van der Waals surface area contributed by atoms with Crippen molar-refractivity contribution >= 4 is 31.8 Å². The van der Waals surface area contributed by atoms with Crippen molar-refractivity contribution in [2.24, 2.45) is 5.92 Å². The first-order chi connectivity index (χ1) is 19.2. The lowest BCUT2D eigenvalue weighted by Gasteiger charge is -2.31. The quantitative estimate of drug-likeness (QED) is 0.226. The first-order valence-electron chi connectivity index (χ1n) is 14.3. The first-order valence-corrected chi connectivity index (χ1v) is 15.7. The van der Waals surface area contributed by atoms with Crippen LogP contribution >= 0.6 is 0 Å². The van der Waals surface area contributed by atoms with E-state index < -0.39 is 16.1 Å². The Morgan fingerprint density at radius 1 is 1.02 bits per heavy atom. The number of nitrogens with one attached hydrogen (secondary N) is 2. The van der Waals surface area contributed by atoms with Gasteiger partial charge in [0.15, 0.2) is 0 Å². The van der Waals surface area contributed by atoms with Gasteiger partial charge in [0.25, 0.3) is 0 Å². The van der Waals surface area contributed by atoms with Crippen LogP contribution in [0.2, 0.25) is 0 Å². The molecule has 1 saturated heterocycles. The number of hydrogen-bond acceptors (Lipinski definition) is 5. The summed E-state index contributed by atoms with van der Waals surface area (Å²) in [5.41, 5.74) is 3.25. The van der Waals surface area contributed by atoms with E-state index in [9.17, 15) is 13.5 Å². The van der Waals surface area contributed by atoms with Crippen molar-refractivity contribution in [2.45, 2.75) is 56.4 Å². The maximum atomic E-state index is 13.2. The number of aliphatic hydroxyl groups excluding tert-OH is 1. The summed E-state index contributed by atoms with van der Waals surface area (Å²) in [5, 5.41) is 16.0. The monoisotopic (exact) mass is 563 g/mol. The second-order valence-electron chi connectivity index (χ2n) is 11.6. The van der Waals surface area contributed by atoms with Crippen LogP contribution < -0.4 is 10.1 Å². The molecule has 0 radical (unpaired) electrons. The van der Waals surface area contributed by atoms with Crippen LogP contribution in [0.1, 0.15) is 45.6 Å². The van der Waals surface area contributed by atoms with Gasteiger partial charge in [-0.2, -0.15) is 4.31 Å². The summed E-state index contributed by atoms with van der Waals surface area (Å²) in [5.74, 6) is 1.12. The van der Waals surface area contributed by atoms with E-state index in [0.29, 0.717) is 30.4 Å². The van der Waals surface area contributed by atoms with Crippen molar-refractivity contribution in [1.29, 1.82) is 0 Å². The molecule has 5 rings (SSSR count). The lowest BCUT2D eigenvalue weighted by atomic mass is 9.82. The number of piperidine rings is 1. The molecular formula is C32H41N3O4S. The fraction of sp³-hybridized carbons (Fsp3) is 0.438. The Balaban J connectivity index is 1.08. The second kappa shape index (κ2) is 11.9. The van der Waals surface area contributed by atoms with Crippen LogP contribution in [0.5, 0.6) is 5.75 Å². The Morgan fingerprint density at radius 3 is 2.45 bits per heavy atom. The summed E-state index contributed by atoms with van der Waals surface area (Å²) >= 11 is 0. The Kier molecular flexibility index (Phi) is 8.52. The van der Waals surface area contributed by atoms with E-state index >= 15 is 0 Å². The molecule has 0 amide bonds. The third kappa shape index (κ3) is 6.05. The Bertz CT molecular complexity index is 1540. The van der Waals surface area contributed by atoms with Crippen LogP contribution in [-0.2, 0) is 15.4 Å². The lowest BCUT2D eigenvalue weighted by Crippen LogP contribution is -2.42. The molecule has 0 bridgehead atoms. The van der Waals surface area contributed by atoms with Crippen molar-refractivity contribution in [3.63, 3.8) is 0 Å². The number of sulfonamides is 1. The number of ether oxygens (including phenoxy) is 1.